The molecule has 0 radical (unpaired) electrons. The molecule has 0 heterocycles. The molecule has 1 saturated carbocycles. The summed E-state index contributed by atoms with van der Waals surface area (Å²) < 4.78 is 5.09. The van der Waals surface area contributed by atoms with Crippen molar-refractivity contribution < 1.29 is 19.1 Å². The van der Waals surface area contributed by atoms with Crippen molar-refractivity contribution in [1.29, 1.82) is 0 Å². The Bertz CT molecular complexity index is 720. The van der Waals surface area contributed by atoms with Crippen LogP contribution in [0.4, 0.5) is 0 Å². The van der Waals surface area contributed by atoms with E-state index >= 15 is 0 Å². The van der Waals surface area contributed by atoms with Crippen LogP contribution < -0.4 is 10.6 Å². The van der Waals surface area contributed by atoms with Crippen LogP contribution in [0.5, 0.6) is 0 Å². The molecule has 0 spiro atoms. The number of halogens is 2. The molecule has 1 aliphatic carbocycles. The van der Waals surface area contributed by atoms with Gasteiger partial charge in [0.2, 0.25) is 0 Å². The smallest absolute Gasteiger partial charge is 0.329 e. The van der Waals surface area contributed by atoms with Gasteiger partial charge in [-0.15, -0.1) is 0 Å². The van der Waals surface area contributed by atoms with E-state index in [1.807, 2.05) is 6.92 Å². The van der Waals surface area contributed by atoms with Crippen LogP contribution in [0.1, 0.15) is 44.0 Å². The van der Waals surface area contributed by atoms with Crippen molar-refractivity contribution in [3.63, 3.8) is 0 Å². The fraction of sp³-hybridized carbons (Fsp3) is 0.526. The van der Waals surface area contributed by atoms with E-state index in [-0.39, 0.29) is 35.1 Å². The average molecular weight is 415 g/mol. The molecule has 2 amide bonds. The third kappa shape index (κ3) is 6.40. The number of carbonyl (C=O) groups is 3. The van der Waals surface area contributed by atoms with Gasteiger partial charge in [0.05, 0.1) is 10.6 Å². The van der Waals surface area contributed by atoms with Crippen LogP contribution in [0.3, 0.4) is 0 Å². The van der Waals surface area contributed by atoms with Crippen molar-refractivity contribution in [2.24, 2.45) is 11.8 Å². The van der Waals surface area contributed by atoms with Gasteiger partial charge in [0.1, 0.15) is 6.04 Å². The van der Waals surface area contributed by atoms with E-state index in [9.17, 15) is 14.4 Å². The largest absolute Gasteiger partial charge is 0.454 e. The van der Waals surface area contributed by atoms with Gasteiger partial charge in [-0.1, -0.05) is 37.0 Å². The molecule has 1 fully saturated rings. The number of hydrogen-bond donors (Lipinski definition) is 2. The highest BCUT2D eigenvalue weighted by molar-refractivity contribution is 6.36. The number of hydrogen-bond acceptors (Lipinski definition) is 4. The number of benzene rings is 1. The Morgan fingerprint density at radius 2 is 1.81 bits per heavy atom. The fourth-order valence-electron chi connectivity index (χ4n) is 2.63. The Morgan fingerprint density at radius 3 is 2.37 bits per heavy atom. The van der Waals surface area contributed by atoms with Gasteiger partial charge in [0.25, 0.3) is 11.8 Å². The van der Waals surface area contributed by atoms with Crippen LogP contribution in [-0.2, 0) is 14.3 Å². The minimum absolute atomic E-state index is 0.0730. The van der Waals surface area contributed by atoms with Crippen molar-refractivity contribution >= 4 is 41.0 Å². The quantitative estimate of drug-likeness (QED) is 0.639. The molecule has 0 saturated heterocycles. The number of amides is 2. The third-order valence-electron chi connectivity index (χ3n) is 4.45. The van der Waals surface area contributed by atoms with Gasteiger partial charge in [0, 0.05) is 11.1 Å². The standard InChI is InChI=1S/C19H24Cl2N2O4/c1-10(2)17(23-18(25)14-7-6-13(20)8-15(14)21)19(26)27-9-16(24)22-11(3)12-4-5-12/h6-8,10-12,17H,4-5,9H2,1-3H3,(H,22,24)(H,23,25)/t11-,17+/m1/s1. The highest BCUT2D eigenvalue weighted by Crippen LogP contribution is 2.32. The summed E-state index contributed by atoms with van der Waals surface area (Å²) >= 11 is 11.9. The second-order valence-corrected chi connectivity index (χ2v) is 7.96. The maximum atomic E-state index is 12.4. The number of ether oxygens (including phenoxy) is 1. The maximum Gasteiger partial charge on any atom is 0.329 e. The molecule has 1 aliphatic rings. The number of nitrogens with one attached hydrogen (secondary N) is 2. The summed E-state index contributed by atoms with van der Waals surface area (Å²) in [6.07, 6.45) is 2.21. The van der Waals surface area contributed by atoms with Crippen molar-refractivity contribution in [1.82, 2.24) is 10.6 Å². The zero-order chi connectivity index (χ0) is 20.1. The molecule has 6 nitrogen and oxygen atoms in total. The summed E-state index contributed by atoms with van der Waals surface area (Å²) in [6, 6.07) is 3.64. The second kappa shape index (κ2) is 9.42. The molecule has 0 unspecified atom stereocenters. The minimum atomic E-state index is -0.905. The first-order chi connectivity index (χ1) is 12.7. The Labute approximate surface area is 168 Å². The number of esters is 1. The highest BCUT2D eigenvalue weighted by atomic mass is 35.5. The van der Waals surface area contributed by atoms with Crippen LogP contribution in [0.15, 0.2) is 18.2 Å². The monoisotopic (exact) mass is 414 g/mol. The van der Waals surface area contributed by atoms with E-state index in [1.165, 1.54) is 18.2 Å². The lowest BCUT2D eigenvalue weighted by Crippen LogP contribution is -2.46. The van der Waals surface area contributed by atoms with Crippen molar-refractivity contribution in [3.8, 4) is 0 Å². The van der Waals surface area contributed by atoms with Crippen LogP contribution in [0, 0.1) is 11.8 Å². The molecule has 2 N–H and O–H groups in total. The molecule has 8 heteroatoms. The second-order valence-electron chi connectivity index (χ2n) is 7.12. The average Bonchev–Trinajstić information content (AvgIpc) is 3.42. The molecule has 1 aromatic rings. The van der Waals surface area contributed by atoms with E-state index in [1.54, 1.807) is 13.8 Å². The molecule has 148 valence electrons. The van der Waals surface area contributed by atoms with Gasteiger partial charge in [-0.05, 0) is 49.8 Å². The normalized spacial score (nSPS) is 15.8. The minimum Gasteiger partial charge on any atom is -0.454 e. The Kier molecular flexibility index (Phi) is 7.50. The predicted molar refractivity (Wildman–Crippen MR) is 104 cm³/mol. The summed E-state index contributed by atoms with van der Waals surface area (Å²) in [5.41, 5.74) is 0.204. The van der Waals surface area contributed by atoms with E-state index in [0.29, 0.717) is 10.9 Å². The van der Waals surface area contributed by atoms with Gasteiger partial charge in [-0.2, -0.15) is 0 Å². The van der Waals surface area contributed by atoms with Gasteiger partial charge in [0.15, 0.2) is 6.61 Å². The van der Waals surface area contributed by atoms with E-state index in [2.05, 4.69) is 10.6 Å². The van der Waals surface area contributed by atoms with Crippen molar-refractivity contribution in [2.75, 3.05) is 6.61 Å². The molecule has 0 aromatic heterocycles. The van der Waals surface area contributed by atoms with Crippen molar-refractivity contribution in [2.45, 2.75) is 45.7 Å². The number of carbonyl (C=O) groups excluding carboxylic acids is 3. The van der Waals surface area contributed by atoms with Gasteiger partial charge < -0.3 is 15.4 Å². The van der Waals surface area contributed by atoms with E-state index in [0.717, 1.165) is 12.8 Å². The topological polar surface area (TPSA) is 84.5 Å². The van der Waals surface area contributed by atoms with Crippen LogP contribution in [0.25, 0.3) is 0 Å². The zero-order valence-corrected chi connectivity index (χ0v) is 17.1. The van der Waals surface area contributed by atoms with Crippen LogP contribution in [-0.4, -0.2) is 36.5 Å². The fourth-order valence-corrected chi connectivity index (χ4v) is 3.12. The summed E-state index contributed by atoms with van der Waals surface area (Å²) in [4.78, 5) is 36.7. The van der Waals surface area contributed by atoms with Crippen LogP contribution in [0.2, 0.25) is 10.0 Å². The van der Waals surface area contributed by atoms with Crippen molar-refractivity contribution in [3.05, 3.63) is 33.8 Å². The first-order valence-electron chi connectivity index (χ1n) is 8.91. The van der Waals surface area contributed by atoms with Crippen LogP contribution >= 0.6 is 23.2 Å². The highest BCUT2D eigenvalue weighted by Gasteiger charge is 2.30. The molecule has 2 atom stereocenters. The summed E-state index contributed by atoms with van der Waals surface area (Å²) in [6.45, 7) is 5.09. The lowest BCUT2D eigenvalue weighted by Gasteiger charge is -2.21. The lowest BCUT2D eigenvalue weighted by molar-refractivity contribution is -0.151. The van der Waals surface area contributed by atoms with E-state index < -0.39 is 17.9 Å². The van der Waals surface area contributed by atoms with E-state index in [4.69, 9.17) is 27.9 Å². The third-order valence-corrected chi connectivity index (χ3v) is 4.99. The van der Waals surface area contributed by atoms with Gasteiger partial charge >= 0.3 is 5.97 Å². The molecule has 1 aromatic carbocycles. The first-order valence-corrected chi connectivity index (χ1v) is 9.66. The van der Waals surface area contributed by atoms with Gasteiger partial charge in [-0.3, -0.25) is 9.59 Å². The molecular formula is C19H24Cl2N2O4. The molecule has 2 rings (SSSR count). The predicted octanol–water partition coefficient (Wildman–Crippen LogP) is 3.21. The summed E-state index contributed by atoms with van der Waals surface area (Å²) in [5, 5.41) is 6.01. The Hall–Kier alpha value is -1.79. The Balaban J connectivity index is 1.91. The SMILES string of the molecule is CC(C)[C@H](NC(=O)c1ccc(Cl)cc1Cl)C(=O)OCC(=O)N[C@H](C)C1CC1. The molecule has 0 aliphatic heterocycles. The maximum absolute atomic E-state index is 12.4. The lowest BCUT2D eigenvalue weighted by atomic mass is 10.0. The molecular weight excluding hydrogens is 391 g/mol. The molecule has 0 bridgehead atoms. The summed E-state index contributed by atoms with van der Waals surface area (Å²) in [7, 11) is 0. The zero-order valence-electron chi connectivity index (χ0n) is 15.6. The Morgan fingerprint density at radius 1 is 1.15 bits per heavy atom. The summed E-state index contributed by atoms with van der Waals surface area (Å²) in [5.74, 6) is -1.26. The van der Waals surface area contributed by atoms with Gasteiger partial charge in [-0.25, -0.2) is 4.79 Å². The first kappa shape index (κ1) is 21.5. The molecule has 27 heavy (non-hydrogen) atoms. The number of rotatable bonds is 8.